The number of hydrogen-bond acceptors (Lipinski definition) is 6. The molecule has 0 radical (unpaired) electrons. The highest BCUT2D eigenvalue weighted by Gasteiger charge is 2.21. The van der Waals surface area contributed by atoms with E-state index >= 15 is 0 Å². The van der Waals surface area contributed by atoms with Crippen LogP contribution in [0, 0.1) is 0 Å². The van der Waals surface area contributed by atoms with Crippen molar-refractivity contribution in [1.82, 2.24) is 14.3 Å². The zero-order chi connectivity index (χ0) is 15.2. The Morgan fingerprint density at radius 3 is 2.45 bits per heavy atom. The van der Waals surface area contributed by atoms with E-state index in [2.05, 4.69) is 15.3 Å². The molecule has 0 saturated carbocycles. The molecular weight excluding hydrogens is 280 g/mol. The Labute approximate surface area is 120 Å². The Balaban J connectivity index is 2.71. The number of aromatic nitrogens is 2. The van der Waals surface area contributed by atoms with Crippen molar-refractivity contribution in [2.45, 2.75) is 31.8 Å². The Hall–Kier alpha value is -1.25. The fourth-order valence-corrected chi connectivity index (χ4v) is 2.46. The van der Waals surface area contributed by atoms with E-state index in [4.69, 9.17) is 4.74 Å². The van der Waals surface area contributed by atoms with Gasteiger partial charge in [0.1, 0.15) is 4.90 Å². The number of anilines is 1. The van der Waals surface area contributed by atoms with Crippen LogP contribution >= 0.6 is 0 Å². The highest BCUT2D eigenvalue weighted by atomic mass is 32.2. The van der Waals surface area contributed by atoms with Gasteiger partial charge in [-0.3, -0.25) is 0 Å². The van der Waals surface area contributed by atoms with Gasteiger partial charge in [0.15, 0.2) is 0 Å². The van der Waals surface area contributed by atoms with Crippen LogP contribution in [-0.4, -0.2) is 55.5 Å². The van der Waals surface area contributed by atoms with Gasteiger partial charge in [0.25, 0.3) is 0 Å². The lowest BCUT2D eigenvalue weighted by molar-refractivity contribution is 0.0737. The number of likely N-dealkylation sites (N-methyl/N-ethyl adjacent to an activating group) is 1. The van der Waals surface area contributed by atoms with Crippen molar-refractivity contribution in [2.24, 2.45) is 0 Å². The van der Waals surface area contributed by atoms with E-state index in [9.17, 15) is 8.42 Å². The van der Waals surface area contributed by atoms with Crippen LogP contribution in [0.5, 0.6) is 0 Å². The summed E-state index contributed by atoms with van der Waals surface area (Å²) in [4.78, 5) is 8.01. The Bertz CT molecular complexity index is 502. The lowest BCUT2D eigenvalue weighted by Crippen LogP contribution is -2.31. The maximum Gasteiger partial charge on any atom is 0.245 e. The first kappa shape index (κ1) is 16.8. The highest BCUT2D eigenvalue weighted by molar-refractivity contribution is 7.89. The summed E-state index contributed by atoms with van der Waals surface area (Å²) in [6.45, 7) is 7.04. The molecule has 0 unspecified atom stereocenters. The van der Waals surface area contributed by atoms with Crippen LogP contribution in [0.3, 0.4) is 0 Å². The summed E-state index contributed by atoms with van der Waals surface area (Å²) in [5.74, 6) is 0.414. The Morgan fingerprint density at radius 1 is 1.35 bits per heavy atom. The van der Waals surface area contributed by atoms with E-state index in [0.29, 0.717) is 19.1 Å². The Kier molecular flexibility index (Phi) is 6.31. The van der Waals surface area contributed by atoms with Crippen molar-refractivity contribution in [3.05, 3.63) is 12.4 Å². The predicted octanol–water partition coefficient (Wildman–Crippen LogP) is 0.954. The first-order chi connectivity index (χ1) is 9.37. The van der Waals surface area contributed by atoms with E-state index in [1.807, 2.05) is 20.8 Å². The van der Waals surface area contributed by atoms with Crippen LogP contribution in [0.25, 0.3) is 0 Å². The van der Waals surface area contributed by atoms with E-state index in [-0.39, 0.29) is 17.5 Å². The zero-order valence-electron chi connectivity index (χ0n) is 12.3. The van der Waals surface area contributed by atoms with Gasteiger partial charge in [0.2, 0.25) is 16.0 Å². The van der Waals surface area contributed by atoms with Crippen molar-refractivity contribution < 1.29 is 13.2 Å². The average molecular weight is 302 g/mol. The fourth-order valence-electron chi connectivity index (χ4n) is 1.42. The monoisotopic (exact) mass is 302 g/mol. The summed E-state index contributed by atoms with van der Waals surface area (Å²) in [5, 5.41) is 2.91. The third kappa shape index (κ3) is 4.69. The summed E-state index contributed by atoms with van der Waals surface area (Å²) in [6.07, 6.45) is 2.69. The number of nitrogens with zero attached hydrogens (tertiary/aromatic N) is 3. The fraction of sp³-hybridized carbons (Fsp3) is 0.667. The number of ether oxygens (including phenoxy) is 1. The molecule has 20 heavy (non-hydrogen) atoms. The summed E-state index contributed by atoms with van der Waals surface area (Å²) in [6, 6.07) is 0. The molecule has 1 N–H and O–H groups in total. The second-order valence-corrected chi connectivity index (χ2v) is 6.56. The number of hydrogen-bond donors (Lipinski definition) is 1. The number of sulfonamides is 1. The summed E-state index contributed by atoms with van der Waals surface area (Å²) in [5.41, 5.74) is 0. The predicted molar refractivity (Wildman–Crippen MR) is 77.1 cm³/mol. The summed E-state index contributed by atoms with van der Waals surface area (Å²) < 4.78 is 31.1. The molecule has 8 heteroatoms. The van der Waals surface area contributed by atoms with Crippen LogP contribution in [0.4, 0.5) is 5.95 Å². The van der Waals surface area contributed by atoms with Gasteiger partial charge in [0.05, 0.1) is 25.1 Å². The SMILES string of the molecule is CCNc1ncc(S(=O)(=O)N(C)CCOC(C)C)cn1. The number of nitrogens with one attached hydrogen (secondary N) is 1. The largest absolute Gasteiger partial charge is 0.377 e. The quantitative estimate of drug-likeness (QED) is 0.770. The molecular formula is C12H22N4O3S. The zero-order valence-corrected chi connectivity index (χ0v) is 13.1. The van der Waals surface area contributed by atoms with Crippen LogP contribution in [0.1, 0.15) is 20.8 Å². The molecule has 0 amide bonds. The minimum Gasteiger partial charge on any atom is -0.377 e. The van der Waals surface area contributed by atoms with E-state index < -0.39 is 10.0 Å². The van der Waals surface area contributed by atoms with Gasteiger partial charge in [0, 0.05) is 20.1 Å². The normalized spacial score (nSPS) is 12.1. The third-order valence-corrected chi connectivity index (χ3v) is 4.34. The smallest absolute Gasteiger partial charge is 0.245 e. The van der Waals surface area contributed by atoms with Gasteiger partial charge >= 0.3 is 0 Å². The number of rotatable bonds is 8. The molecule has 0 aromatic carbocycles. The minimum atomic E-state index is -3.57. The van der Waals surface area contributed by atoms with Crippen LogP contribution < -0.4 is 5.32 Å². The maximum absolute atomic E-state index is 12.2. The second kappa shape index (κ2) is 7.51. The van der Waals surface area contributed by atoms with Gasteiger partial charge in [-0.15, -0.1) is 0 Å². The molecule has 0 aliphatic heterocycles. The topological polar surface area (TPSA) is 84.4 Å². The van der Waals surface area contributed by atoms with Gasteiger partial charge in [-0.1, -0.05) is 0 Å². The van der Waals surface area contributed by atoms with Gasteiger partial charge in [-0.05, 0) is 20.8 Å². The molecule has 0 aliphatic carbocycles. The molecule has 0 spiro atoms. The molecule has 0 bridgehead atoms. The van der Waals surface area contributed by atoms with Crippen molar-refractivity contribution >= 4 is 16.0 Å². The van der Waals surface area contributed by atoms with E-state index in [1.165, 1.54) is 23.7 Å². The lowest BCUT2D eigenvalue weighted by atomic mass is 10.5. The van der Waals surface area contributed by atoms with Crippen LogP contribution in [-0.2, 0) is 14.8 Å². The molecule has 7 nitrogen and oxygen atoms in total. The summed E-state index contributed by atoms with van der Waals surface area (Å²) >= 11 is 0. The average Bonchev–Trinajstić information content (AvgIpc) is 2.39. The minimum absolute atomic E-state index is 0.0752. The van der Waals surface area contributed by atoms with Crippen LogP contribution in [0.15, 0.2) is 17.3 Å². The first-order valence-electron chi connectivity index (χ1n) is 6.51. The van der Waals surface area contributed by atoms with Crippen LogP contribution in [0.2, 0.25) is 0 Å². The molecule has 1 aromatic rings. The molecule has 0 fully saturated rings. The van der Waals surface area contributed by atoms with Crippen molar-refractivity contribution in [1.29, 1.82) is 0 Å². The van der Waals surface area contributed by atoms with E-state index in [1.54, 1.807) is 0 Å². The maximum atomic E-state index is 12.2. The van der Waals surface area contributed by atoms with Gasteiger partial charge in [-0.25, -0.2) is 18.4 Å². The van der Waals surface area contributed by atoms with Gasteiger partial charge < -0.3 is 10.1 Å². The second-order valence-electron chi connectivity index (χ2n) is 4.52. The van der Waals surface area contributed by atoms with Gasteiger partial charge in [-0.2, -0.15) is 4.31 Å². The highest BCUT2D eigenvalue weighted by Crippen LogP contribution is 2.12. The summed E-state index contributed by atoms with van der Waals surface area (Å²) in [7, 11) is -2.06. The van der Waals surface area contributed by atoms with Crippen molar-refractivity contribution in [2.75, 3.05) is 32.1 Å². The molecule has 1 aromatic heterocycles. The van der Waals surface area contributed by atoms with E-state index in [0.717, 1.165) is 0 Å². The molecule has 0 aliphatic rings. The molecule has 0 atom stereocenters. The van der Waals surface area contributed by atoms with Crippen molar-refractivity contribution in [3.8, 4) is 0 Å². The first-order valence-corrected chi connectivity index (χ1v) is 7.95. The third-order valence-electron chi connectivity index (χ3n) is 2.53. The molecule has 1 rings (SSSR count). The molecule has 1 heterocycles. The molecule has 0 saturated heterocycles. The molecule has 114 valence electrons. The lowest BCUT2D eigenvalue weighted by Gasteiger charge is -2.17. The Morgan fingerprint density at radius 2 is 1.95 bits per heavy atom. The standard InChI is InChI=1S/C12H22N4O3S/c1-5-13-12-14-8-11(9-15-12)20(17,18)16(4)6-7-19-10(2)3/h8-10H,5-7H2,1-4H3,(H,13,14,15). The van der Waals surface area contributed by atoms with Crippen molar-refractivity contribution in [3.63, 3.8) is 0 Å².